The molecule has 1 aromatic rings. The van der Waals surface area contributed by atoms with Gasteiger partial charge in [-0.25, -0.2) is 8.42 Å². The van der Waals surface area contributed by atoms with Crippen molar-refractivity contribution in [3.05, 3.63) is 24.3 Å². The summed E-state index contributed by atoms with van der Waals surface area (Å²) in [6.45, 7) is 4.66. The molecule has 2 aliphatic rings. The fraction of sp³-hybridized carbons (Fsp3) is 0.600. The SMILES string of the molecule is CN(CC(=O)Nc1ccc(N2CCOCC2)cc1)CC(=O)N1CCN(S(C)(=O)=O)CC1. The minimum absolute atomic E-state index is 0.0836. The quantitative estimate of drug-likeness (QED) is 0.594. The monoisotopic (exact) mass is 453 g/mol. The van der Waals surface area contributed by atoms with E-state index >= 15 is 0 Å². The zero-order valence-electron chi connectivity index (χ0n) is 18.1. The average Bonchev–Trinajstić information content (AvgIpc) is 2.74. The highest BCUT2D eigenvalue weighted by molar-refractivity contribution is 7.88. The van der Waals surface area contributed by atoms with Crippen LogP contribution in [0.2, 0.25) is 0 Å². The minimum Gasteiger partial charge on any atom is -0.378 e. The van der Waals surface area contributed by atoms with E-state index in [0.29, 0.717) is 31.9 Å². The lowest BCUT2D eigenvalue weighted by molar-refractivity contribution is -0.133. The molecule has 172 valence electrons. The largest absolute Gasteiger partial charge is 0.378 e. The van der Waals surface area contributed by atoms with Crippen molar-refractivity contribution in [2.24, 2.45) is 0 Å². The zero-order chi connectivity index (χ0) is 22.4. The number of carbonyl (C=O) groups excluding carboxylic acids is 2. The Kier molecular flexibility index (Phi) is 7.87. The lowest BCUT2D eigenvalue weighted by Gasteiger charge is -2.34. The molecular weight excluding hydrogens is 422 g/mol. The van der Waals surface area contributed by atoms with Crippen molar-refractivity contribution < 1.29 is 22.7 Å². The van der Waals surface area contributed by atoms with Gasteiger partial charge < -0.3 is 19.9 Å². The van der Waals surface area contributed by atoms with Crippen LogP contribution in [0.25, 0.3) is 0 Å². The number of benzene rings is 1. The topological polar surface area (TPSA) is 102 Å². The molecule has 0 radical (unpaired) electrons. The molecule has 31 heavy (non-hydrogen) atoms. The molecule has 0 bridgehead atoms. The van der Waals surface area contributed by atoms with Crippen LogP contribution in [0.5, 0.6) is 0 Å². The number of hydrogen-bond donors (Lipinski definition) is 1. The third-order valence-electron chi connectivity index (χ3n) is 5.41. The summed E-state index contributed by atoms with van der Waals surface area (Å²) in [6, 6.07) is 7.69. The summed E-state index contributed by atoms with van der Waals surface area (Å²) in [5.74, 6) is -0.311. The molecule has 0 spiro atoms. The molecule has 0 aliphatic carbocycles. The summed E-state index contributed by atoms with van der Waals surface area (Å²) >= 11 is 0. The lowest BCUT2D eigenvalue weighted by atomic mass is 10.2. The first kappa shape index (κ1) is 23.5. The second-order valence-corrected chi connectivity index (χ2v) is 9.89. The minimum atomic E-state index is -3.23. The number of morpholine rings is 1. The third-order valence-corrected chi connectivity index (χ3v) is 6.71. The number of piperazine rings is 1. The number of carbonyl (C=O) groups is 2. The molecule has 0 saturated carbocycles. The third kappa shape index (κ3) is 6.89. The van der Waals surface area contributed by atoms with Gasteiger partial charge in [0.05, 0.1) is 32.6 Å². The van der Waals surface area contributed by atoms with Gasteiger partial charge in [0.1, 0.15) is 0 Å². The maximum atomic E-state index is 12.5. The molecule has 2 heterocycles. The number of hydrogen-bond acceptors (Lipinski definition) is 7. The van der Waals surface area contributed by atoms with Crippen molar-refractivity contribution in [2.45, 2.75) is 0 Å². The molecule has 1 aromatic carbocycles. The number of ether oxygens (including phenoxy) is 1. The van der Waals surface area contributed by atoms with E-state index in [0.717, 1.165) is 32.0 Å². The van der Waals surface area contributed by atoms with Crippen LogP contribution < -0.4 is 10.2 Å². The number of anilines is 2. The molecule has 3 rings (SSSR count). The lowest BCUT2D eigenvalue weighted by Crippen LogP contribution is -2.52. The van der Waals surface area contributed by atoms with Gasteiger partial charge in [-0.05, 0) is 31.3 Å². The Morgan fingerprint density at radius 3 is 2.19 bits per heavy atom. The van der Waals surface area contributed by atoms with Crippen molar-refractivity contribution in [3.63, 3.8) is 0 Å². The predicted octanol–water partition coefficient (Wildman–Crippen LogP) is -0.503. The Morgan fingerprint density at radius 1 is 1.00 bits per heavy atom. The average molecular weight is 454 g/mol. The maximum Gasteiger partial charge on any atom is 0.238 e. The van der Waals surface area contributed by atoms with Crippen LogP contribution in [0, 0.1) is 0 Å². The molecule has 2 amide bonds. The fourth-order valence-corrected chi connectivity index (χ4v) is 4.51. The van der Waals surface area contributed by atoms with Gasteiger partial charge in [0.25, 0.3) is 0 Å². The van der Waals surface area contributed by atoms with E-state index < -0.39 is 10.0 Å². The van der Waals surface area contributed by atoms with E-state index in [-0.39, 0.29) is 24.9 Å². The highest BCUT2D eigenvalue weighted by atomic mass is 32.2. The van der Waals surface area contributed by atoms with Crippen LogP contribution >= 0.6 is 0 Å². The van der Waals surface area contributed by atoms with Crippen LogP contribution in [0.3, 0.4) is 0 Å². The van der Waals surface area contributed by atoms with Crippen LogP contribution in [0.1, 0.15) is 0 Å². The smallest absolute Gasteiger partial charge is 0.238 e. The van der Waals surface area contributed by atoms with Crippen LogP contribution in [-0.4, -0.2) is 113 Å². The number of sulfonamides is 1. The van der Waals surface area contributed by atoms with Gasteiger partial charge in [0, 0.05) is 50.6 Å². The Morgan fingerprint density at radius 2 is 1.61 bits per heavy atom. The van der Waals surface area contributed by atoms with Gasteiger partial charge in [0.2, 0.25) is 21.8 Å². The van der Waals surface area contributed by atoms with Crippen molar-refractivity contribution >= 4 is 33.2 Å². The Hall–Kier alpha value is -2.21. The fourth-order valence-electron chi connectivity index (χ4n) is 3.68. The van der Waals surface area contributed by atoms with Crippen molar-refractivity contribution in [2.75, 3.05) is 89.1 Å². The second kappa shape index (κ2) is 10.4. The van der Waals surface area contributed by atoms with E-state index in [1.54, 1.807) is 16.8 Å². The van der Waals surface area contributed by atoms with Gasteiger partial charge in [-0.1, -0.05) is 0 Å². The first-order valence-electron chi connectivity index (χ1n) is 10.4. The number of nitrogens with zero attached hydrogens (tertiary/aromatic N) is 4. The number of likely N-dealkylation sites (N-methyl/N-ethyl adjacent to an activating group) is 1. The van der Waals surface area contributed by atoms with E-state index in [9.17, 15) is 18.0 Å². The van der Waals surface area contributed by atoms with E-state index in [1.807, 2.05) is 24.3 Å². The molecule has 2 saturated heterocycles. The van der Waals surface area contributed by atoms with E-state index in [2.05, 4.69) is 10.2 Å². The van der Waals surface area contributed by atoms with Crippen molar-refractivity contribution in [3.8, 4) is 0 Å². The maximum absolute atomic E-state index is 12.5. The summed E-state index contributed by atoms with van der Waals surface area (Å²) in [5.41, 5.74) is 1.80. The van der Waals surface area contributed by atoms with Gasteiger partial charge in [0.15, 0.2) is 0 Å². The molecule has 2 aliphatic heterocycles. The summed E-state index contributed by atoms with van der Waals surface area (Å²) in [5, 5.41) is 2.86. The zero-order valence-corrected chi connectivity index (χ0v) is 18.9. The van der Waals surface area contributed by atoms with Crippen LogP contribution in [0.4, 0.5) is 11.4 Å². The highest BCUT2D eigenvalue weighted by Gasteiger charge is 2.26. The second-order valence-electron chi connectivity index (χ2n) is 7.91. The van der Waals surface area contributed by atoms with Crippen molar-refractivity contribution in [1.82, 2.24) is 14.1 Å². The summed E-state index contributed by atoms with van der Waals surface area (Å²) in [4.78, 5) is 30.3. The van der Waals surface area contributed by atoms with Gasteiger partial charge in [-0.2, -0.15) is 4.31 Å². The molecule has 10 nitrogen and oxygen atoms in total. The molecule has 2 fully saturated rings. The van der Waals surface area contributed by atoms with Gasteiger partial charge >= 0.3 is 0 Å². The summed E-state index contributed by atoms with van der Waals surface area (Å²) in [7, 11) is -1.52. The van der Waals surface area contributed by atoms with Crippen LogP contribution in [0.15, 0.2) is 24.3 Å². The number of amides is 2. The molecule has 0 aromatic heterocycles. The first-order valence-corrected chi connectivity index (χ1v) is 12.2. The van der Waals surface area contributed by atoms with Crippen molar-refractivity contribution in [1.29, 1.82) is 0 Å². The molecule has 0 atom stereocenters. The van der Waals surface area contributed by atoms with Gasteiger partial charge in [-0.3, -0.25) is 14.5 Å². The number of rotatable bonds is 7. The van der Waals surface area contributed by atoms with Gasteiger partial charge in [-0.15, -0.1) is 0 Å². The summed E-state index contributed by atoms with van der Waals surface area (Å²) < 4.78 is 29.9. The Balaban J connectivity index is 1.41. The van der Waals surface area contributed by atoms with E-state index in [1.165, 1.54) is 10.6 Å². The Labute approximate surface area is 183 Å². The van der Waals surface area contributed by atoms with E-state index in [4.69, 9.17) is 4.74 Å². The molecule has 0 unspecified atom stereocenters. The Bertz CT molecular complexity index is 862. The standard InChI is InChI=1S/C20H31N5O5S/c1-22(16-20(27)24-7-9-25(10-8-24)31(2,28)29)15-19(26)21-17-3-5-18(6-4-17)23-11-13-30-14-12-23/h3-6H,7-16H2,1-2H3,(H,21,26). The predicted molar refractivity (Wildman–Crippen MR) is 119 cm³/mol. The normalized spacial score (nSPS) is 18.3. The van der Waals surface area contributed by atoms with Crippen LogP contribution in [-0.2, 0) is 24.3 Å². The number of nitrogens with one attached hydrogen (secondary N) is 1. The highest BCUT2D eigenvalue weighted by Crippen LogP contribution is 2.19. The summed E-state index contributed by atoms with van der Waals surface area (Å²) in [6.07, 6.45) is 1.17. The molecule has 11 heteroatoms. The first-order chi connectivity index (χ1) is 14.7. The molecular formula is C20H31N5O5S. The molecule has 1 N–H and O–H groups in total.